The molecule has 4 heteroatoms. The van der Waals surface area contributed by atoms with E-state index in [1.54, 1.807) is 0 Å². The molecule has 0 aliphatic rings. The highest BCUT2D eigenvalue weighted by Gasteiger charge is 2.23. The Morgan fingerprint density at radius 2 is 1.37 bits per heavy atom. The van der Waals surface area contributed by atoms with Crippen LogP contribution in [0.2, 0.25) is 0 Å². The average Bonchev–Trinajstić information content (AvgIpc) is 3.36. The van der Waals surface area contributed by atoms with Gasteiger partial charge in [0.15, 0.2) is 0 Å². The molecule has 0 radical (unpaired) electrons. The Labute approximate surface area is 240 Å². The van der Waals surface area contributed by atoms with E-state index in [1.807, 2.05) is 18.3 Å². The van der Waals surface area contributed by atoms with Crippen LogP contribution in [0.3, 0.4) is 0 Å². The molecule has 5 aromatic carbocycles. The van der Waals surface area contributed by atoms with E-state index in [2.05, 4.69) is 114 Å². The molecule has 3 nitrogen and oxygen atoms in total. The predicted molar refractivity (Wildman–Crippen MR) is 173 cm³/mol. The standard InChI is InChI=1S/C37H29BN2O/c1-37(2,3)19-22-15-18-31(40-21-22)30-14-8-13-28-29-17-16-23(20-39)32(36(29)41-35(28)30)33-26-11-6-4-9-24(26)25-10-5-7-12-27(25)34(33)38/h4-18,21H,19,38H2,1-3H3. The van der Waals surface area contributed by atoms with Crippen molar-refractivity contribution in [2.45, 2.75) is 27.2 Å². The molecular formula is C37H29BN2O. The van der Waals surface area contributed by atoms with Crippen molar-refractivity contribution in [1.82, 2.24) is 4.98 Å². The average molecular weight is 528 g/mol. The maximum absolute atomic E-state index is 10.3. The van der Waals surface area contributed by atoms with Gasteiger partial charge < -0.3 is 4.42 Å². The van der Waals surface area contributed by atoms with E-state index in [1.165, 1.54) is 21.7 Å². The van der Waals surface area contributed by atoms with E-state index < -0.39 is 0 Å². The first-order chi connectivity index (χ1) is 19.8. The highest BCUT2D eigenvalue weighted by Crippen LogP contribution is 2.43. The van der Waals surface area contributed by atoms with Crippen LogP contribution in [-0.4, -0.2) is 12.8 Å². The number of hydrogen-bond acceptors (Lipinski definition) is 3. The Hall–Kier alpha value is -4.88. The van der Waals surface area contributed by atoms with Crippen molar-refractivity contribution in [2.24, 2.45) is 5.41 Å². The van der Waals surface area contributed by atoms with Crippen LogP contribution in [0, 0.1) is 16.7 Å². The second-order valence-corrected chi connectivity index (χ2v) is 12.1. The third kappa shape index (κ3) is 4.09. The lowest BCUT2D eigenvalue weighted by atomic mass is 9.78. The lowest BCUT2D eigenvalue weighted by Crippen LogP contribution is -2.10. The minimum atomic E-state index is 0.196. The lowest BCUT2D eigenvalue weighted by molar-refractivity contribution is 0.411. The number of fused-ring (bicyclic) bond motifs is 6. The van der Waals surface area contributed by atoms with Crippen LogP contribution in [0.5, 0.6) is 0 Å². The van der Waals surface area contributed by atoms with E-state index in [4.69, 9.17) is 9.40 Å². The number of nitriles is 1. The largest absolute Gasteiger partial charge is 0.455 e. The Morgan fingerprint density at radius 1 is 0.707 bits per heavy atom. The summed E-state index contributed by atoms with van der Waals surface area (Å²) in [6.45, 7) is 6.72. The molecule has 2 aromatic heterocycles. The van der Waals surface area contributed by atoms with Crippen LogP contribution < -0.4 is 5.46 Å². The summed E-state index contributed by atoms with van der Waals surface area (Å²) < 4.78 is 6.80. The van der Waals surface area contributed by atoms with Gasteiger partial charge in [0.1, 0.15) is 19.0 Å². The molecule has 2 heterocycles. The molecule has 0 saturated carbocycles. The van der Waals surface area contributed by atoms with E-state index in [-0.39, 0.29) is 5.41 Å². The second-order valence-electron chi connectivity index (χ2n) is 12.1. The maximum Gasteiger partial charge on any atom is 0.144 e. The van der Waals surface area contributed by atoms with Gasteiger partial charge in [-0.3, -0.25) is 4.98 Å². The van der Waals surface area contributed by atoms with Gasteiger partial charge >= 0.3 is 0 Å². The Kier molecular flexibility index (Phi) is 5.73. The molecule has 0 aliphatic carbocycles. The summed E-state index contributed by atoms with van der Waals surface area (Å²) in [7, 11) is 2.15. The van der Waals surface area contributed by atoms with Crippen molar-refractivity contribution < 1.29 is 4.42 Å². The highest BCUT2D eigenvalue weighted by molar-refractivity contribution is 6.46. The number of para-hydroxylation sites is 1. The number of nitrogens with zero attached hydrogens (tertiary/aromatic N) is 2. The summed E-state index contributed by atoms with van der Waals surface area (Å²) in [5.41, 5.74) is 8.40. The molecule has 0 saturated heterocycles. The van der Waals surface area contributed by atoms with Crippen LogP contribution in [0.1, 0.15) is 31.9 Å². The fraction of sp³-hybridized carbons (Fsp3) is 0.135. The zero-order valence-electron chi connectivity index (χ0n) is 23.7. The smallest absolute Gasteiger partial charge is 0.144 e. The fourth-order valence-corrected chi connectivity index (χ4v) is 6.35. The van der Waals surface area contributed by atoms with Gasteiger partial charge in [0.05, 0.1) is 17.3 Å². The molecule has 0 spiro atoms. The summed E-state index contributed by atoms with van der Waals surface area (Å²) in [5, 5.41) is 17.0. The summed E-state index contributed by atoms with van der Waals surface area (Å²) >= 11 is 0. The first-order valence-corrected chi connectivity index (χ1v) is 14.1. The van der Waals surface area contributed by atoms with Gasteiger partial charge in [0.2, 0.25) is 0 Å². The van der Waals surface area contributed by atoms with Crippen molar-refractivity contribution >= 4 is 56.8 Å². The quantitative estimate of drug-likeness (QED) is 0.171. The number of aromatic nitrogens is 1. The molecule has 0 bridgehead atoms. The lowest BCUT2D eigenvalue weighted by Gasteiger charge is -2.17. The Bertz CT molecular complexity index is 2180. The van der Waals surface area contributed by atoms with Gasteiger partial charge in [-0.05, 0) is 68.8 Å². The molecule has 7 rings (SSSR count). The number of rotatable bonds is 3. The molecule has 41 heavy (non-hydrogen) atoms. The van der Waals surface area contributed by atoms with Gasteiger partial charge in [0, 0.05) is 28.1 Å². The van der Waals surface area contributed by atoms with Crippen LogP contribution in [-0.2, 0) is 6.42 Å². The molecule has 0 unspecified atom stereocenters. The molecule has 196 valence electrons. The molecule has 0 fully saturated rings. The second kappa shape index (κ2) is 9.35. The molecule has 7 aromatic rings. The Morgan fingerprint density at radius 3 is 2.05 bits per heavy atom. The summed E-state index contributed by atoms with van der Waals surface area (Å²) in [6, 6.07) is 33.9. The topological polar surface area (TPSA) is 49.8 Å². The van der Waals surface area contributed by atoms with Gasteiger partial charge in [-0.25, -0.2) is 0 Å². The minimum Gasteiger partial charge on any atom is -0.455 e. The molecule has 0 amide bonds. The number of furan rings is 1. The van der Waals surface area contributed by atoms with Crippen molar-refractivity contribution in [2.75, 3.05) is 0 Å². The third-order valence-corrected chi connectivity index (χ3v) is 8.07. The normalized spacial score (nSPS) is 12.0. The van der Waals surface area contributed by atoms with Crippen LogP contribution in [0.25, 0.3) is 65.9 Å². The van der Waals surface area contributed by atoms with Crippen molar-refractivity contribution in [1.29, 1.82) is 5.26 Å². The van der Waals surface area contributed by atoms with Crippen LogP contribution >= 0.6 is 0 Å². The summed E-state index contributed by atoms with van der Waals surface area (Å²) in [6.07, 6.45) is 2.94. The zero-order chi connectivity index (χ0) is 28.3. The number of pyridine rings is 1. The van der Waals surface area contributed by atoms with Gasteiger partial charge in [-0.15, -0.1) is 0 Å². The van der Waals surface area contributed by atoms with Gasteiger partial charge in [-0.2, -0.15) is 5.26 Å². The first-order valence-electron chi connectivity index (χ1n) is 14.1. The fourth-order valence-electron chi connectivity index (χ4n) is 6.35. The van der Waals surface area contributed by atoms with Crippen molar-refractivity contribution in [3.63, 3.8) is 0 Å². The molecule has 0 N–H and O–H groups in total. The summed E-state index contributed by atoms with van der Waals surface area (Å²) in [4.78, 5) is 4.84. The zero-order valence-corrected chi connectivity index (χ0v) is 23.7. The number of hydrogen-bond donors (Lipinski definition) is 0. The molecule has 0 aliphatic heterocycles. The van der Waals surface area contributed by atoms with E-state index in [0.29, 0.717) is 5.56 Å². The van der Waals surface area contributed by atoms with Gasteiger partial charge in [0.25, 0.3) is 0 Å². The first kappa shape index (κ1) is 25.1. The summed E-state index contributed by atoms with van der Waals surface area (Å²) in [5.74, 6) is 0. The van der Waals surface area contributed by atoms with Crippen LogP contribution in [0.4, 0.5) is 0 Å². The van der Waals surface area contributed by atoms with E-state index in [9.17, 15) is 5.26 Å². The van der Waals surface area contributed by atoms with Crippen LogP contribution in [0.15, 0.2) is 102 Å². The van der Waals surface area contributed by atoms with Gasteiger partial charge in [-0.1, -0.05) is 93.0 Å². The maximum atomic E-state index is 10.3. The van der Waals surface area contributed by atoms with E-state index in [0.717, 1.165) is 61.6 Å². The van der Waals surface area contributed by atoms with Crippen molar-refractivity contribution in [3.8, 4) is 28.5 Å². The monoisotopic (exact) mass is 528 g/mol. The predicted octanol–water partition coefficient (Wildman–Crippen LogP) is 8.34. The Balaban J connectivity index is 1.53. The van der Waals surface area contributed by atoms with Crippen molar-refractivity contribution in [3.05, 3.63) is 108 Å². The minimum absolute atomic E-state index is 0.196. The SMILES string of the molecule is Bc1c(-c2c(C#N)ccc3c2oc2c(-c4ccc(CC(C)(C)C)cn4)cccc23)c2ccccc2c2ccccc12. The number of benzene rings is 5. The molecule has 0 atom stereocenters. The van der Waals surface area contributed by atoms with E-state index >= 15 is 0 Å². The molecular weight excluding hydrogens is 499 g/mol. The highest BCUT2D eigenvalue weighted by atomic mass is 16.3. The third-order valence-electron chi connectivity index (χ3n) is 8.07.